The molecule has 7 rings (SSSR count). The van der Waals surface area contributed by atoms with Crippen LogP contribution in [-0.2, 0) is 29.2 Å². The molecule has 1 unspecified atom stereocenters. The lowest BCUT2D eigenvalue weighted by Crippen LogP contribution is -2.58. The van der Waals surface area contributed by atoms with Gasteiger partial charge in [-0.1, -0.05) is 63.3 Å². The minimum atomic E-state index is -4.09. The number of pyridine rings is 1. The molecule has 4 fully saturated rings. The molecule has 2 aromatic carbocycles. The molecule has 0 radical (unpaired) electrons. The zero-order valence-electron chi connectivity index (χ0n) is 35.1. The monoisotopic (exact) mass is 839 g/mol. The van der Waals surface area contributed by atoms with Gasteiger partial charge in [-0.3, -0.25) is 23.9 Å². The summed E-state index contributed by atoms with van der Waals surface area (Å²) in [5.74, 6) is -2.13. The first-order valence-corrected chi connectivity index (χ1v) is 22.4. The zero-order valence-corrected chi connectivity index (χ0v) is 35.9. The van der Waals surface area contributed by atoms with E-state index in [2.05, 4.69) is 23.2 Å². The van der Waals surface area contributed by atoms with Crippen LogP contribution in [0.1, 0.15) is 78.6 Å². The highest BCUT2D eigenvalue weighted by Crippen LogP contribution is 2.49. The number of piperidine rings is 1. The number of carbonyl (C=O) groups is 4. The highest BCUT2D eigenvalue weighted by molar-refractivity contribution is 7.91. The number of nitrogens with zero attached hydrogens (tertiary/aromatic N) is 3. The molecule has 2 saturated heterocycles. The molecular formula is C46H57N5O8S. The maximum Gasteiger partial charge on any atom is 0.259 e. The Morgan fingerprint density at radius 2 is 1.73 bits per heavy atom. The van der Waals surface area contributed by atoms with Crippen molar-refractivity contribution in [2.75, 3.05) is 26.7 Å². The quantitative estimate of drug-likeness (QED) is 0.176. The molecule has 4 amide bonds. The van der Waals surface area contributed by atoms with E-state index < -0.39 is 61.5 Å². The van der Waals surface area contributed by atoms with Crippen molar-refractivity contribution < 1.29 is 37.1 Å². The standard InChI is InChI=1S/C46H57N5O8S/c1-7-19-45(20-21-45)60(56,57)49-43(55)46(28-31(46)8-2)48-41(53)38-25-33(29-51(38)42(54)35(44(3,4)5)26-40(52)50-22-13-10-14-23-50)59-39-27-36(30-15-11-9-12-16-30)47-37-24-32(58-6)17-18-34(37)39/h7-9,11-12,15-18,24,27,31,33,35,38H,1-2,10,13-14,19-23,25-26,28-29H2,3-6H3,(H,48,53)(H,49,55)/t31-,33-,35?,38+,46-/m1/s1. The molecule has 60 heavy (non-hydrogen) atoms. The Labute approximate surface area is 353 Å². The number of rotatable bonds is 15. The van der Waals surface area contributed by atoms with Gasteiger partial charge in [0.25, 0.3) is 5.91 Å². The second kappa shape index (κ2) is 16.7. The van der Waals surface area contributed by atoms with E-state index in [-0.39, 0.29) is 44.0 Å². The van der Waals surface area contributed by atoms with Crippen LogP contribution in [0.5, 0.6) is 11.5 Å². The van der Waals surface area contributed by atoms with Crippen molar-refractivity contribution in [2.45, 2.75) is 101 Å². The van der Waals surface area contributed by atoms with E-state index in [0.29, 0.717) is 54.0 Å². The lowest BCUT2D eigenvalue weighted by molar-refractivity contribution is -0.148. The summed E-state index contributed by atoms with van der Waals surface area (Å²) in [6.07, 6.45) is 6.42. The van der Waals surface area contributed by atoms with Gasteiger partial charge in [0.05, 0.1) is 35.5 Å². The number of nitrogens with one attached hydrogen (secondary N) is 2. The molecule has 4 aliphatic rings. The van der Waals surface area contributed by atoms with Crippen LogP contribution in [0, 0.1) is 17.3 Å². The van der Waals surface area contributed by atoms with E-state index in [0.717, 1.165) is 24.8 Å². The highest BCUT2D eigenvalue weighted by Gasteiger charge is 2.63. The molecule has 3 aromatic rings. The van der Waals surface area contributed by atoms with E-state index in [1.54, 1.807) is 7.11 Å². The van der Waals surface area contributed by atoms with E-state index >= 15 is 0 Å². The van der Waals surface area contributed by atoms with E-state index in [9.17, 15) is 27.6 Å². The maximum absolute atomic E-state index is 15.0. The number of methoxy groups -OCH3 is 1. The van der Waals surface area contributed by atoms with Crippen LogP contribution in [0.4, 0.5) is 0 Å². The highest BCUT2D eigenvalue weighted by atomic mass is 32.2. The minimum Gasteiger partial charge on any atom is -0.497 e. The topological polar surface area (TPSA) is 164 Å². The van der Waals surface area contributed by atoms with Crippen molar-refractivity contribution in [1.29, 1.82) is 0 Å². The van der Waals surface area contributed by atoms with E-state index in [1.165, 1.54) is 17.1 Å². The Kier molecular flexibility index (Phi) is 11.9. The second-order valence-corrected chi connectivity index (χ2v) is 20.0. The number of allylic oxidation sites excluding steroid dienone is 1. The van der Waals surface area contributed by atoms with Crippen molar-refractivity contribution in [3.05, 3.63) is 79.9 Å². The molecule has 0 spiro atoms. The molecule has 2 saturated carbocycles. The Balaban J connectivity index is 1.21. The third kappa shape index (κ3) is 8.53. The Morgan fingerprint density at radius 3 is 2.35 bits per heavy atom. The summed E-state index contributed by atoms with van der Waals surface area (Å²) >= 11 is 0. The van der Waals surface area contributed by atoms with Gasteiger partial charge in [0, 0.05) is 54.9 Å². The minimum absolute atomic E-state index is 0.0184. The molecule has 13 nitrogen and oxygen atoms in total. The fourth-order valence-electron chi connectivity index (χ4n) is 8.77. The van der Waals surface area contributed by atoms with Crippen molar-refractivity contribution >= 4 is 44.6 Å². The third-order valence-corrected chi connectivity index (χ3v) is 15.0. The van der Waals surface area contributed by atoms with Crippen LogP contribution in [0.15, 0.2) is 79.9 Å². The van der Waals surface area contributed by atoms with Crippen LogP contribution in [0.25, 0.3) is 22.2 Å². The number of ether oxygens (including phenoxy) is 2. The summed E-state index contributed by atoms with van der Waals surface area (Å²) in [5, 5.41) is 3.60. The van der Waals surface area contributed by atoms with Crippen LogP contribution < -0.4 is 19.5 Å². The van der Waals surface area contributed by atoms with Crippen LogP contribution >= 0.6 is 0 Å². The van der Waals surface area contributed by atoms with Gasteiger partial charge in [-0.25, -0.2) is 13.4 Å². The number of aromatic nitrogens is 1. The molecule has 0 bridgehead atoms. The first-order chi connectivity index (χ1) is 28.5. The molecule has 2 aliphatic heterocycles. The fraction of sp³-hybridized carbons (Fsp3) is 0.500. The van der Waals surface area contributed by atoms with Gasteiger partial charge >= 0.3 is 0 Å². The fourth-order valence-corrected chi connectivity index (χ4v) is 10.4. The molecule has 1 aromatic heterocycles. The lowest BCUT2D eigenvalue weighted by Gasteiger charge is -2.36. The number of benzene rings is 2. The summed E-state index contributed by atoms with van der Waals surface area (Å²) < 4.78 is 40.4. The average molecular weight is 840 g/mol. The van der Waals surface area contributed by atoms with Crippen molar-refractivity contribution in [1.82, 2.24) is 24.8 Å². The number of sulfonamides is 1. The summed E-state index contributed by atoms with van der Waals surface area (Å²) in [6, 6.07) is 15.9. The van der Waals surface area contributed by atoms with Gasteiger partial charge in [-0.15, -0.1) is 13.2 Å². The first-order valence-electron chi connectivity index (χ1n) is 21.0. The number of likely N-dealkylation sites (tertiary alicyclic amines) is 2. The number of hydrogen-bond donors (Lipinski definition) is 2. The summed E-state index contributed by atoms with van der Waals surface area (Å²) in [6.45, 7) is 14.6. The van der Waals surface area contributed by atoms with Crippen LogP contribution in [0.2, 0.25) is 0 Å². The summed E-state index contributed by atoms with van der Waals surface area (Å²) in [7, 11) is -2.51. The van der Waals surface area contributed by atoms with Gasteiger partial charge < -0.3 is 24.6 Å². The molecule has 5 atom stereocenters. The zero-order chi connectivity index (χ0) is 43.0. The Hall–Kier alpha value is -5.24. The molecule has 320 valence electrons. The van der Waals surface area contributed by atoms with Gasteiger partial charge in [0.1, 0.15) is 29.2 Å². The first kappa shape index (κ1) is 42.9. The second-order valence-electron chi connectivity index (χ2n) is 17.9. The van der Waals surface area contributed by atoms with Gasteiger partial charge in [0.2, 0.25) is 27.7 Å². The largest absolute Gasteiger partial charge is 0.497 e. The third-order valence-electron chi connectivity index (χ3n) is 12.8. The van der Waals surface area contributed by atoms with Crippen molar-refractivity contribution in [2.24, 2.45) is 17.3 Å². The maximum atomic E-state index is 15.0. The van der Waals surface area contributed by atoms with Gasteiger partial charge in [-0.05, 0) is 62.5 Å². The molecular weight excluding hydrogens is 783 g/mol. The molecule has 2 aliphatic carbocycles. The Bertz CT molecular complexity index is 2280. The SMILES string of the molecule is C=CCC1(S(=O)(=O)NC(=O)[C@@]2(NC(=O)[C@@H]3C[C@@H](Oc4cc(-c5ccccc5)nc5cc(OC)ccc45)CN3C(=O)C(CC(=O)N3CCCCC3)C(C)(C)C)C[C@H]2C=C)CC1. The van der Waals surface area contributed by atoms with Gasteiger partial charge in [0.15, 0.2) is 0 Å². The molecule has 14 heteroatoms. The van der Waals surface area contributed by atoms with Crippen LogP contribution in [-0.4, -0.2) is 96.0 Å². The van der Waals surface area contributed by atoms with E-state index in [4.69, 9.17) is 14.5 Å². The lowest BCUT2D eigenvalue weighted by atomic mass is 9.77. The van der Waals surface area contributed by atoms with Gasteiger partial charge in [-0.2, -0.15) is 0 Å². The predicted octanol–water partition coefficient (Wildman–Crippen LogP) is 5.94. The van der Waals surface area contributed by atoms with Crippen molar-refractivity contribution in [3.8, 4) is 22.8 Å². The average Bonchev–Trinajstić information content (AvgIpc) is 4.14. The number of amides is 4. The number of fused-ring (bicyclic) bond motifs is 1. The predicted molar refractivity (Wildman–Crippen MR) is 229 cm³/mol. The van der Waals surface area contributed by atoms with Crippen molar-refractivity contribution in [3.63, 3.8) is 0 Å². The molecule has 3 heterocycles. The summed E-state index contributed by atoms with van der Waals surface area (Å²) in [5.41, 5.74) is -0.0882. The number of carbonyl (C=O) groups excluding carboxylic acids is 4. The number of hydrogen-bond acceptors (Lipinski definition) is 9. The van der Waals surface area contributed by atoms with E-state index in [1.807, 2.05) is 80.3 Å². The molecule has 2 N–H and O–H groups in total. The smallest absolute Gasteiger partial charge is 0.259 e. The van der Waals surface area contributed by atoms with Crippen LogP contribution in [0.3, 0.4) is 0 Å². The normalized spacial score (nSPS) is 23.9. The Morgan fingerprint density at radius 1 is 1.02 bits per heavy atom. The summed E-state index contributed by atoms with van der Waals surface area (Å²) in [4.78, 5) is 65.5.